The van der Waals surface area contributed by atoms with Crippen LogP contribution in [0.3, 0.4) is 0 Å². The molecule has 1 saturated carbocycles. The fourth-order valence-electron chi connectivity index (χ4n) is 3.01. The third kappa shape index (κ3) is 3.08. The van der Waals surface area contributed by atoms with Crippen LogP contribution in [-0.2, 0) is 6.42 Å². The molecule has 0 spiro atoms. The Kier molecular flexibility index (Phi) is 3.52. The lowest BCUT2D eigenvalue weighted by Gasteiger charge is -2.11. The van der Waals surface area contributed by atoms with E-state index < -0.39 is 24.2 Å². The fraction of sp³-hybridized carbons (Fsp3) is 0.294. The van der Waals surface area contributed by atoms with Crippen molar-refractivity contribution in [2.75, 3.05) is 0 Å². The lowest BCUT2D eigenvalue weighted by molar-refractivity contribution is -0.127. The first-order chi connectivity index (χ1) is 11.8. The Bertz CT molecular complexity index is 957. The van der Waals surface area contributed by atoms with E-state index in [0.29, 0.717) is 22.2 Å². The predicted molar refractivity (Wildman–Crippen MR) is 80.9 cm³/mol. The van der Waals surface area contributed by atoms with Crippen molar-refractivity contribution in [3.63, 3.8) is 0 Å². The van der Waals surface area contributed by atoms with Crippen molar-refractivity contribution >= 4 is 10.9 Å². The molecular formula is C17H12F5N3. The van der Waals surface area contributed by atoms with Gasteiger partial charge in [-0.25, -0.2) is 8.78 Å². The highest BCUT2D eigenvalue weighted by molar-refractivity contribution is 5.87. The molecule has 0 N–H and O–H groups in total. The number of nitrogens with zero attached hydrogens (tertiary/aromatic N) is 3. The molecule has 25 heavy (non-hydrogen) atoms. The van der Waals surface area contributed by atoms with Gasteiger partial charge in [0.2, 0.25) is 0 Å². The molecule has 0 unspecified atom stereocenters. The van der Waals surface area contributed by atoms with E-state index in [1.165, 1.54) is 12.3 Å². The van der Waals surface area contributed by atoms with Gasteiger partial charge in [-0.05, 0) is 31.0 Å². The molecule has 0 bridgehead atoms. The predicted octanol–water partition coefficient (Wildman–Crippen LogP) is 4.82. The van der Waals surface area contributed by atoms with Crippen molar-refractivity contribution in [1.29, 1.82) is 0 Å². The van der Waals surface area contributed by atoms with Gasteiger partial charge in [0.15, 0.2) is 11.6 Å². The van der Waals surface area contributed by atoms with Gasteiger partial charge in [0.25, 0.3) is 0 Å². The van der Waals surface area contributed by atoms with Crippen molar-refractivity contribution in [3.05, 3.63) is 47.8 Å². The molecule has 1 fully saturated rings. The summed E-state index contributed by atoms with van der Waals surface area (Å²) in [6.45, 7) is 0. The van der Waals surface area contributed by atoms with Crippen molar-refractivity contribution in [3.8, 4) is 11.3 Å². The maximum Gasteiger partial charge on any atom is 0.394 e. The lowest BCUT2D eigenvalue weighted by Crippen LogP contribution is -2.13. The van der Waals surface area contributed by atoms with Crippen molar-refractivity contribution in [2.24, 2.45) is 0 Å². The highest BCUT2D eigenvalue weighted by Gasteiger charge is 2.30. The number of hydrogen-bond acceptors (Lipinski definition) is 2. The Hall–Kier alpha value is -2.51. The smallest absolute Gasteiger partial charge is 0.337 e. The van der Waals surface area contributed by atoms with E-state index in [1.54, 1.807) is 6.07 Å². The van der Waals surface area contributed by atoms with E-state index in [2.05, 4.69) is 10.2 Å². The third-order valence-electron chi connectivity index (χ3n) is 4.18. The Morgan fingerprint density at radius 3 is 2.44 bits per heavy atom. The molecule has 0 aliphatic heterocycles. The van der Waals surface area contributed by atoms with Crippen LogP contribution in [0.1, 0.15) is 24.6 Å². The maximum absolute atomic E-state index is 13.6. The van der Waals surface area contributed by atoms with Gasteiger partial charge >= 0.3 is 6.18 Å². The average Bonchev–Trinajstić information content (AvgIpc) is 3.29. The van der Waals surface area contributed by atoms with Gasteiger partial charge in [-0.2, -0.15) is 23.4 Å². The topological polar surface area (TPSA) is 30.7 Å². The quantitative estimate of drug-likeness (QED) is 0.632. The number of aromatic nitrogens is 3. The molecule has 0 atom stereocenters. The number of benzene rings is 1. The number of fused-ring (bicyclic) bond motifs is 1. The van der Waals surface area contributed by atoms with Gasteiger partial charge in [-0.15, -0.1) is 0 Å². The highest BCUT2D eigenvalue weighted by Crippen LogP contribution is 2.43. The molecule has 0 amide bonds. The minimum absolute atomic E-state index is 0.122. The van der Waals surface area contributed by atoms with Crippen LogP contribution >= 0.6 is 0 Å². The Balaban J connectivity index is 1.86. The molecule has 4 rings (SSSR count). The largest absolute Gasteiger partial charge is 0.394 e. The van der Waals surface area contributed by atoms with E-state index >= 15 is 0 Å². The lowest BCUT2D eigenvalue weighted by atomic mass is 10.1. The van der Waals surface area contributed by atoms with Gasteiger partial charge < -0.3 is 4.57 Å². The second kappa shape index (κ2) is 5.50. The molecule has 0 radical (unpaired) electrons. The summed E-state index contributed by atoms with van der Waals surface area (Å²) < 4.78 is 66.8. The second-order valence-corrected chi connectivity index (χ2v) is 6.18. The SMILES string of the molecule is Fc1cc2cc(-c3cnnc(CC(F)(F)F)c3)n(C3CC3)c2cc1F. The van der Waals surface area contributed by atoms with Gasteiger partial charge in [0, 0.05) is 23.1 Å². The standard InChI is InChI=1S/C17H12F5N3/c18-13-4-9-5-15(25(12-1-2-12)16(9)6-14(13)19)10-3-11(24-23-8-10)7-17(20,21)22/h3-6,8,12H,1-2,7H2. The fourth-order valence-corrected chi connectivity index (χ4v) is 3.01. The molecule has 130 valence electrons. The molecule has 0 saturated heterocycles. The summed E-state index contributed by atoms with van der Waals surface area (Å²) in [7, 11) is 0. The van der Waals surface area contributed by atoms with Crippen LogP contribution in [0.4, 0.5) is 22.0 Å². The van der Waals surface area contributed by atoms with E-state index in [1.807, 2.05) is 4.57 Å². The third-order valence-corrected chi connectivity index (χ3v) is 4.18. The van der Waals surface area contributed by atoms with Crippen LogP contribution < -0.4 is 0 Å². The molecule has 8 heteroatoms. The van der Waals surface area contributed by atoms with Crippen LogP contribution in [0.15, 0.2) is 30.5 Å². The zero-order chi connectivity index (χ0) is 17.8. The zero-order valence-electron chi connectivity index (χ0n) is 12.8. The molecule has 2 heterocycles. The normalized spacial score (nSPS) is 15.1. The van der Waals surface area contributed by atoms with Gasteiger partial charge in [-0.3, -0.25) is 0 Å². The summed E-state index contributed by atoms with van der Waals surface area (Å²) in [5.74, 6) is -1.91. The Morgan fingerprint density at radius 2 is 1.76 bits per heavy atom. The van der Waals surface area contributed by atoms with Gasteiger partial charge in [0.1, 0.15) is 0 Å². The summed E-state index contributed by atoms with van der Waals surface area (Å²) in [5, 5.41) is 7.68. The molecule has 1 aliphatic rings. The summed E-state index contributed by atoms with van der Waals surface area (Å²) in [6.07, 6.45) is -2.45. The van der Waals surface area contributed by atoms with Crippen molar-refractivity contribution in [2.45, 2.75) is 31.5 Å². The molecule has 2 aromatic heterocycles. The summed E-state index contributed by atoms with van der Waals surface area (Å²) >= 11 is 0. The van der Waals surface area contributed by atoms with Crippen molar-refractivity contribution < 1.29 is 22.0 Å². The molecule has 1 aliphatic carbocycles. The van der Waals surface area contributed by atoms with E-state index in [4.69, 9.17) is 0 Å². The van der Waals surface area contributed by atoms with Gasteiger partial charge in [0.05, 0.1) is 29.5 Å². The second-order valence-electron chi connectivity index (χ2n) is 6.18. The highest BCUT2D eigenvalue weighted by atomic mass is 19.4. The molecule has 3 aromatic rings. The minimum atomic E-state index is -4.39. The van der Waals surface area contributed by atoms with Crippen molar-refractivity contribution in [1.82, 2.24) is 14.8 Å². The Labute approximate surface area is 139 Å². The van der Waals surface area contributed by atoms with Crippen LogP contribution in [0.25, 0.3) is 22.2 Å². The van der Waals surface area contributed by atoms with Gasteiger partial charge in [-0.1, -0.05) is 0 Å². The van der Waals surface area contributed by atoms with E-state index in [9.17, 15) is 22.0 Å². The Morgan fingerprint density at radius 1 is 1.04 bits per heavy atom. The first kappa shape index (κ1) is 16.0. The number of alkyl halides is 3. The van der Waals surface area contributed by atoms with E-state index in [0.717, 1.165) is 25.0 Å². The maximum atomic E-state index is 13.6. The first-order valence-electron chi connectivity index (χ1n) is 7.70. The first-order valence-corrected chi connectivity index (χ1v) is 7.70. The van der Waals surface area contributed by atoms with E-state index in [-0.39, 0.29) is 11.7 Å². The molecule has 1 aromatic carbocycles. The molecule has 3 nitrogen and oxygen atoms in total. The number of rotatable bonds is 3. The molecular weight excluding hydrogens is 341 g/mol. The number of halogens is 5. The zero-order valence-corrected chi connectivity index (χ0v) is 12.8. The monoisotopic (exact) mass is 353 g/mol. The van der Waals surface area contributed by atoms with Crippen LogP contribution in [0.5, 0.6) is 0 Å². The summed E-state index contributed by atoms with van der Waals surface area (Å²) in [5.41, 5.74) is 1.35. The summed E-state index contributed by atoms with van der Waals surface area (Å²) in [6, 6.07) is 5.30. The van der Waals surface area contributed by atoms with Crippen LogP contribution in [0, 0.1) is 11.6 Å². The minimum Gasteiger partial charge on any atom is -0.337 e. The van der Waals surface area contributed by atoms with Crippen LogP contribution in [0.2, 0.25) is 0 Å². The average molecular weight is 353 g/mol. The number of hydrogen-bond donors (Lipinski definition) is 0. The summed E-state index contributed by atoms with van der Waals surface area (Å²) in [4.78, 5) is 0. The van der Waals surface area contributed by atoms with Crippen LogP contribution in [-0.4, -0.2) is 20.9 Å².